The van der Waals surface area contributed by atoms with E-state index < -0.39 is 10.0 Å². The third-order valence-electron chi connectivity index (χ3n) is 5.04. The van der Waals surface area contributed by atoms with E-state index in [2.05, 4.69) is 40.1 Å². The van der Waals surface area contributed by atoms with E-state index >= 15 is 0 Å². The molecule has 2 aliphatic heterocycles. The summed E-state index contributed by atoms with van der Waals surface area (Å²) in [5.74, 6) is 0.356. The number of sulfonamides is 1. The van der Waals surface area contributed by atoms with Crippen LogP contribution in [0.1, 0.15) is 12.0 Å². The molecule has 3 heterocycles. The smallest absolute Gasteiger partial charge is 0.219 e. The number of hydrogen-bond acceptors (Lipinski definition) is 5. The van der Waals surface area contributed by atoms with E-state index in [0.29, 0.717) is 32.1 Å². The molecule has 0 spiro atoms. The van der Waals surface area contributed by atoms with Gasteiger partial charge in [-0.15, -0.1) is 0 Å². The van der Waals surface area contributed by atoms with Crippen molar-refractivity contribution in [3.05, 3.63) is 42.1 Å². The second-order valence-corrected chi connectivity index (χ2v) is 8.85. The topological polar surface area (TPSA) is 74.3 Å². The molecular weight excluding hydrogens is 324 g/mol. The van der Waals surface area contributed by atoms with Gasteiger partial charge in [0.25, 0.3) is 0 Å². The van der Waals surface area contributed by atoms with Crippen molar-refractivity contribution in [1.82, 2.24) is 20.1 Å². The van der Waals surface area contributed by atoms with Crippen molar-refractivity contribution >= 4 is 20.9 Å². The molecule has 4 rings (SSSR count). The van der Waals surface area contributed by atoms with Crippen LogP contribution in [0, 0.1) is 5.92 Å². The van der Waals surface area contributed by atoms with E-state index in [-0.39, 0.29) is 5.25 Å². The fourth-order valence-corrected chi connectivity index (χ4v) is 5.49. The van der Waals surface area contributed by atoms with Crippen LogP contribution in [-0.4, -0.2) is 49.1 Å². The van der Waals surface area contributed by atoms with Gasteiger partial charge in [-0.3, -0.25) is 15.8 Å². The van der Waals surface area contributed by atoms with Gasteiger partial charge in [-0.2, -0.15) is 0 Å². The molecule has 0 saturated carbocycles. The van der Waals surface area contributed by atoms with Crippen molar-refractivity contribution in [3.63, 3.8) is 0 Å². The number of hydrazine groups is 1. The van der Waals surface area contributed by atoms with Gasteiger partial charge >= 0.3 is 0 Å². The molecule has 0 amide bonds. The van der Waals surface area contributed by atoms with E-state index in [1.807, 2.05) is 12.3 Å². The average molecular weight is 346 g/mol. The van der Waals surface area contributed by atoms with Crippen LogP contribution in [-0.2, 0) is 16.4 Å². The summed E-state index contributed by atoms with van der Waals surface area (Å²) in [5, 5.41) is 0.788. The number of para-hydroxylation sites is 1. The number of fused-ring (bicyclic) bond motifs is 1. The number of nitrogens with one attached hydrogen (secondary N) is 2. The highest BCUT2D eigenvalue weighted by Crippen LogP contribution is 2.27. The van der Waals surface area contributed by atoms with Crippen molar-refractivity contribution < 1.29 is 8.42 Å². The van der Waals surface area contributed by atoms with E-state index in [4.69, 9.17) is 0 Å². The molecule has 2 N–H and O–H groups in total. The third kappa shape index (κ3) is 2.93. The van der Waals surface area contributed by atoms with Gasteiger partial charge in [0.05, 0.1) is 5.52 Å². The molecule has 1 unspecified atom stereocenters. The molecule has 2 aliphatic rings. The predicted octanol–water partition coefficient (Wildman–Crippen LogP) is 0.905. The molecule has 2 saturated heterocycles. The number of nitrogens with zero attached hydrogens (tertiary/aromatic N) is 2. The van der Waals surface area contributed by atoms with Crippen LogP contribution < -0.4 is 10.9 Å². The summed E-state index contributed by atoms with van der Waals surface area (Å²) in [7, 11) is -3.21. The van der Waals surface area contributed by atoms with Crippen molar-refractivity contribution in [2.75, 3.05) is 26.2 Å². The quantitative estimate of drug-likeness (QED) is 0.861. The SMILES string of the molecule is O=S(=O)(C1CNNC1)N1CCC(Cc2cccc3cccnc23)C1. The molecular formula is C17H22N4O2S. The van der Waals surface area contributed by atoms with E-state index in [1.165, 1.54) is 5.56 Å². The molecule has 2 fully saturated rings. The standard InChI is InChI=1S/C17H22N4O2S/c22-24(23,16-10-19-20-11-16)21-8-6-13(12-21)9-15-4-1-3-14-5-2-7-18-17(14)15/h1-5,7,13,16,19-20H,6,8-12H2. The van der Waals surface area contributed by atoms with Crippen molar-refractivity contribution in [2.45, 2.75) is 18.1 Å². The van der Waals surface area contributed by atoms with E-state index in [9.17, 15) is 8.42 Å². The van der Waals surface area contributed by atoms with E-state index in [1.54, 1.807) is 4.31 Å². The Morgan fingerprint density at radius 1 is 1.17 bits per heavy atom. The molecule has 24 heavy (non-hydrogen) atoms. The van der Waals surface area contributed by atoms with Crippen LogP contribution >= 0.6 is 0 Å². The van der Waals surface area contributed by atoms with Gasteiger partial charge in [-0.05, 0) is 30.4 Å². The van der Waals surface area contributed by atoms with Crippen LogP contribution in [0.25, 0.3) is 10.9 Å². The molecule has 6 nitrogen and oxygen atoms in total. The zero-order chi connectivity index (χ0) is 16.6. The van der Waals surface area contributed by atoms with Crippen molar-refractivity contribution in [2.24, 2.45) is 5.92 Å². The second kappa shape index (κ2) is 6.40. The molecule has 1 aromatic heterocycles. The van der Waals surface area contributed by atoms with Gasteiger partial charge < -0.3 is 0 Å². The minimum atomic E-state index is -3.21. The summed E-state index contributed by atoms with van der Waals surface area (Å²) in [6, 6.07) is 10.2. The molecule has 1 aromatic carbocycles. The van der Waals surface area contributed by atoms with Crippen LogP contribution in [0.3, 0.4) is 0 Å². The molecule has 1 atom stereocenters. The first-order valence-electron chi connectivity index (χ1n) is 8.42. The van der Waals surface area contributed by atoms with Gasteiger partial charge in [-0.25, -0.2) is 12.7 Å². The first-order chi connectivity index (χ1) is 11.6. The maximum absolute atomic E-state index is 12.7. The zero-order valence-electron chi connectivity index (χ0n) is 13.5. The Bertz CT molecular complexity index is 828. The minimum Gasteiger partial charge on any atom is -0.256 e. The monoisotopic (exact) mass is 346 g/mol. The third-order valence-corrected chi connectivity index (χ3v) is 7.27. The second-order valence-electron chi connectivity index (χ2n) is 6.64. The molecule has 7 heteroatoms. The summed E-state index contributed by atoms with van der Waals surface area (Å²) >= 11 is 0. The summed E-state index contributed by atoms with van der Waals surface area (Å²) in [5.41, 5.74) is 8.06. The maximum atomic E-state index is 12.7. The maximum Gasteiger partial charge on any atom is 0.219 e. The predicted molar refractivity (Wildman–Crippen MR) is 93.8 cm³/mol. The fourth-order valence-electron chi connectivity index (χ4n) is 3.70. The van der Waals surface area contributed by atoms with Gasteiger partial charge in [0.2, 0.25) is 10.0 Å². The first-order valence-corrected chi connectivity index (χ1v) is 9.92. The van der Waals surface area contributed by atoms with Crippen molar-refractivity contribution in [3.8, 4) is 0 Å². The van der Waals surface area contributed by atoms with Gasteiger partial charge in [0.1, 0.15) is 5.25 Å². The highest BCUT2D eigenvalue weighted by Gasteiger charge is 2.38. The number of hydrogen-bond donors (Lipinski definition) is 2. The lowest BCUT2D eigenvalue weighted by Gasteiger charge is -2.20. The largest absolute Gasteiger partial charge is 0.256 e. The zero-order valence-corrected chi connectivity index (χ0v) is 14.3. The van der Waals surface area contributed by atoms with Crippen molar-refractivity contribution in [1.29, 1.82) is 0 Å². The van der Waals surface area contributed by atoms with Crippen LogP contribution in [0.4, 0.5) is 0 Å². The summed E-state index contributed by atoms with van der Waals surface area (Å²) in [6.45, 7) is 2.21. The van der Waals surface area contributed by atoms with Gasteiger partial charge in [0, 0.05) is 37.8 Å². The van der Waals surface area contributed by atoms with Crippen LogP contribution in [0.5, 0.6) is 0 Å². The molecule has 0 radical (unpaired) electrons. The molecule has 128 valence electrons. The lowest BCUT2D eigenvalue weighted by atomic mass is 9.97. The van der Waals surface area contributed by atoms with Crippen LogP contribution in [0.15, 0.2) is 36.5 Å². The lowest BCUT2D eigenvalue weighted by Crippen LogP contribution is -2.40. The summed E-state index contributed by atoms with van der Waals surface area (Å²) in [6.07, 6.45) is 3.61. The Balaban J connectivity index is 1.49. The minimum absolute atomic E-state index is 0.351. The van der Waals surface area contributed by atoms with Crippen LogP contribution in [0.2, 0.25) is 0 Å². The fraction of sp³-hybridized carbons (Fsp3) is 0.471. The summed E-state index contributed by atoms with van der Waals surface area (Å²) < 4.78 is 27.0. The highest BCUT2D eigenvalue weighted by atomic mass is 32.2. The Morgan fingerprint density at radius 2 is 1.96 bits per heavy atom. The Hall–Kier alpha value is -1.54. The Morgan fingerprint density at radius 3 is 2.79 bits per heavy atom. The number of pyridine rings is 1. The van der Waals surface area contributed by atoms with Gasteiger partial charge in [0.15, 0.2) is 0 Å². The van der Waals surface area contributed by atoms with E-state index in [0.717, 1.165) is 23.7 Å². The lowest BCUT2D eigenvalue weighted by molar-refractivity contribution is 0.449. The molecule has 2 aromatic rings. The average Bonchev–Trinajstić information content (AvgIpc) is 3.28. The normalized spacial score (nSPS) is 23.2. The number of aromatic nitrogens is 1. The van der Waals surface area contributed by atoms with Gasteiger partial charge in [-0.1, -0.05) is 24.3 Å². The Labute approximate surface area is 142 Å². The molecule has 0 aliphatic carbocycles. The number of benzene rings is 1. The molecule has 0 bridgehead atoms. The first kappa shape index (κ1) is 16.0. The Kier molecular flexibility index (Phi) is 4.26. The highest BCUT2D eigenvalue weighted by molar-refractivity contribution is 7.89. The number of rotatable bonds is 4. The summed E-state index contributed by atoms with van der Waals surface area (Å²) in [4.78, 5) is 4.51.